The van der Waals surface area contributed by atoms with Gasteiger partial charge in [0.1, 0.15) is 0 Å². The molecular weight excluding hydrogens is 320 g/mol. The molecular formula is C18H16N4O3. The number of carbonyl (C=O) groups excluding carboxylic acids is 1. The number of rotatable bonds is 3. The first-order chi connectivity index (χ1) is 12.0. The maximum Gasteiger partial charge on any atom is 0.280 e. The topological polar surface area (TPSA) is 98.1 Å². The second-order valence-corrected chi connectivity index (χ2v) is 5.64. The van der Waals surface area contributed by atoms with Gasteiger partial charge in [-0.25, -0.2) is 0 Å². The van der Waals surface area contributed by atoms with Gasteiger partial charge in [-0.15, -0.1) is 5.11 Å². The molecule has 0 bridgehead atoms. The van der Waals surface area contributed by atoms with E-state index in [0.717, 1.165) is 0 Å². The number of aromatic hydroxyl groups is 1. The van der Waals surface area contributed by atoms with Gasteiger partial charge >= 0.3 is 0 Å². The number of hydrogen-bond donors (Lipinski definition) is 2. The predicted molar refractivity (Wildman–Crippen MR) is 94.9 cm³/mol. The Morgan fingerprint density at radius 1 is 1.04 bits per heavy atom. The van der Waals surface area contributed by atoms with Crippen LogP contribution in [-0.4, -0.2) is 35.0 Å². The van der Waals surface area contributed by atoms with Gasteiger partial charge in [-0.3, -0.25) is 9.59 Å². The van der Waals surface area contributed by atoms with Gasteiger partial charge in [0.25, 0.3) is 11.5 Å². The Hall–Kier alpha value is -3.48. The average molecular weight is 336 g/mol. The van der Waals surface area contributed by atoms with E-state index in [0.29, 0.717) is 22.2 Å². The number of amides is 1. The van der Waals surface area contributed by atoms with Crippen LogP contribution >= 0.6 is 0 Å². The molecule has 3 rings (SSSR count). The molecule has 1 heterocycles. The van der Waals surface area contributed by atoms with E-state index in [1.807, 2.05) is 0 Å². The van der Waals surface area contributed by atoms with E-state index in [9.17, 15) is 14.7 Å². The third kappa shape index (κ3) is 3.25. The largest absolute Gasteiger partial charge is 0.505 e. The van der Waals surface area contributed by atoms with Crippen LogP contribution in [0.25, 0.3) is 10.9 Å². The summed E-state index contributed by atoms with van der Waals surface area (Å²) in [4.78, 5) is 28.0. The molecule has 0 unspecified atom stereocenters. The van der Waals surface area contributed by atoms with E-state index in [1.165, 1.54) is 4.90 Å². The zero-order valence-electron chi connectivity index (χ0n) is 13.7. The van der Waals surface area contributed by atoms with Gasteiger partial charge in [0.2, 0.25) is 0 Å². The Labute approximate surface area is 143 Å². The number of pyridine rings is 1. The molecule has 2 aromatic carbocycles. The minimum Gasteiger partial charge on any atom is -0.505 e. The van der Waals surface area contributed by atoms with E-state index >= 15 is 0 Å². The van der Waals surface area contributed by atoms with Crippen LogP contribution in [0.15, 0.2) is 63.6 Å². The van der Waals surface area contributed by atoms with Crippen molar-refractivity contribution in [2.45, 2.75) is 0 Å². The van der Waals surface area contributed by atoms with Crippen molar-refractivity contribution in [1.82, 2.24) is 9.88 Å². The second kappa shape index (κ2) is 6.56. The molecule has 7 heteroatoms. The van der Waals surface area contributed by atoms with Crippen LogP contribution in [0, 0.1) is 0 Å². The van der Waals surface area contributed by atoms with Gasteiger partial charge in [-0.05, 0) is 36.4 Å². The fourth-order valence-corrected chi connectivity index (χ4v) is 2.34. The molecule has 7 nitrogen and oxygen atoms in total. The summed E-state index contributed by atoms with van der Waals surface area (Å²) in [6, 6.07) is 13.4. The highest BCUT2D eigenvalue weighted by molar-refractivity contribution is 5.94. The van der Waals surface area contributed by atoms with Crippen LogP contribution in [-0.2, 0) is 0 Å². The minimum absolute atomic E-state index is 0.118. The van der Waals surface area contributed by atoms with E-state index < -0.39 is 5.56 Å². The van der Waals surface area contributed by atoms with E-state index in [1.54, 1.807) is 62.6 Å². The molecule has 0 radical (unpaired) electrons. The lowest BCUT2D eigenvalue weighted by Crippen LogP contribution is -2.21. The van der Waals surface area contributed by atoms with Crippen LogP contribution < -0.4 is 5.56 Å². The molecule has 0 saturated heterocycles. The predicted octanol–water partition coefficient (Wildman–Crippen LogP) is 3.35. The number of nitrogens with one attached hydrogen (secondary N) is 1. The quantitative estimate of drug-likeness (QED) is 0.718. The van der Waals surface area contributed by atoms with Gasteiger partial charge in [0, 0.05) is 25.0 Å². The highest BCUT2D eigenvalue weighted by Gasteiger charge is 2.11. The summed E-state index contributed by atoms with van der Waals surface area (Å²) < 4.78 is 0. The van der Waals surface area contributed by atoms with Crippen molar-refractivity contribution in [1.29, 1.82) is 0 Å². The minimum atomic E-state index is -0.528. The van der Waals surface area contributed by atoms with E-state index in [-0.39, 0.29) is 17.3 Å². The van der Waals surface area contributed by atoms with Crippen molar-refractivity contribution >= 4 is 28.2 Å². The first-order valence-electron chi connectivity index (χ1n) is 7.55. The fraction of sp³-hybridized carbons (Fsp3) is 0.111. The first-order valence-corrected chi connectivity index (χ1v) is 7.55. The molecule has 0 aliphatic rings. The van der Waals surface area contributed by atoms with Crippen molar-refractivity contribution in [2.75, 3.05) is 14.1 Å². The molecule has 1 amide bonds. The van der Waals surface area contributed by atoms with Gasteiger partial charge in [-0.2, -0.15) is 5.11 Å². The molecule has 25 heavy (non-hydrogen) atoms. The number of aromatic nitrogens is 1. The van der Waals surface area contributed by atoms with Crippen molar-refractivity contribution in [3.05, 3.63) is 64.4 Å². The van der Waals surface area contributed by atoms with Crippen LogP contribution in [0.3, 0.4) is 0 Å². The Morgan fingerprint density at radius 3 is 2.40 bits per heavy atom. The molecule has 1 aromatic heterocycles. The zero-order valence-corrected chi connectivity index (χ0v) is 13.7. The van der Waals surface area contributed by atoms with Crippen LogP contribution in [0.5, 0.6) is 5.75 Å². The van der Waals surface area contributed by atoms with E-state index in [2.05, 4.69) is 15.2 Å². The van der Waals surface area contributed by atoms with Crippen molar-refractivity contribution in [3.8, 4) is 5.75 Å². The second-order valence-electron chi connectivity index (χ2n) is 5.64. The van der Waals surface area contributed by atoms with Gasteiger partial charge in [-0.1, -0.05) is 12.1 Å². The lowest BCUT2D eigenvalue weighted by atomic mass is 10.2. The maximum absolute atomic E-state index is 12.1. The Morgan fingerprint density at radius 2 is 1.72 bits per heavy atom. The summed E-state index contributed by atoms with van der Waals surface area (Å²) in [7, 11) is 3.34. The molecule has 3 aromatic rings. The average Bonchev–Trinajstić information content (AvgIpc) is 2.61. The normalized spacial score (nSPS) is 11.1. The standard InChI is InChI=1S/C18H16N4O3/c1-22(2)18(25)11-7-9-12(10-8-11)20-21-15-16(23)13-5-3-4-6-14(13)19-17(15)24/h3-10H,1-2H3,(H2,19,23,24). The summed E-state index contributed by atoms with van der Waals surface area (Å²) in [6.45, 7) is 0. The number of azo groups is 1. The number of hydrogen-bond acceptors (Lipinski definition) is 5. The van der Waals surface area contributed by atoms with Gasteiger partial charge in [0.05, 0.1) is 11.2 Å². The third-order valence-electron chi connectivity index (χ3n) is 3.66. The monoisotopic (exact) mass is 336 g/mol. The zero-order chi connectivity index (χ0) is 18.0. The number of carbonyl (C=O) groups is 1. The number of nitrogens with zero attached hydrogens (tertiary/aromatic N) is 3. The van der Waals surface area contributed by atoms with E-state index in [4.69, 9.17) is 0 Å². The summed E-state index contributed by atoms with van der Waals surface area (Å²) in [6.07, 6.45) is 0. The van der Waals surface area contributed by atoms with Crippen molar-refractivity contribution < 1.29 is 9.90 Å². The Bertz CT molecular complexity index is 1020. The van der Waals surface area contributed by atoms with Gasteiger partial charge in [0.15, 0.2) is 11.4 Å². The molecule has 126 valence electrons. The smallest absolute Gasteiger partial charge is 0.280 e. The fourth-order valence-electron chi connectivity index (χ4n) is 2.34. The molecule has 0 spiro atoms. The summed E-state index contributed by atoms with van der Waals surface area (Å²) >= 11 is 0. The molecule has 0 aliphatic carbocycles. The molecule has 0 saturated carbocycles. The summed E-state index contributed by atoms with van der Waals surface area (Å²) in [5.74, 6) is -0.338. The number of H-pyrrole nitrogens is 1. The number of fused-ring (bicyclic) bond motifs is 1. The highest BCUT2D eigenvalue weighted by atomic mass is 16.3. The van der Waals surface area contributed by atoms with Crippen LogP contribution in [0.4, 0.5) is 11.4 Å². The first kappa shape index (κ1) is 16.4. The van der Waals surface area contributed by atoms with Crippen molar-refractivity contribution in [3.63, 3.8) is 0 Å². The summed E-state index contributed by atoms with van der Waals surface area (Å²) in [5.41, 5.74) is 0.819. The maximum atomic E-state index is 12.1. The molecule has 0 fully saturated rings. The van der Waals surface area contributed by atoms with Crippen LogP contribution in [0.2, 0.25) is 0 Å². The number of aromatic amines is 1. The molecule has 2 N–H and O–H groups in total. The lowest BCUT2D eigenvalue weighted by molar-refractivity contribution is 0.0827. The van der Waals surface area contributed by atoms with Crippen LogP contribution in [0.1, 0.15) is 10.4 Å². The SMILES string of the molecule is CN(C)C(=O)c1ccc(N=Nc2c(O)c3ccccc3[nH]c2=O)cc1. The highest BCUT2D eigenvalue weighted by Crippen LogP contribution is 2.31. The number of benzene rings is 2. The summed E-state index contributed by atoms with van der Waals surface area (Å²) in [5, 5.41) is 18.6. The third-order valence-corrected chi connectivity index (χ3v) is 3.66. The molecule has 0 atom stereocenters. The Kier molecular flexibility index (Phi) is 4.30. The Balaban J connectivity index is 1.93. The van der Waals surface area contributed by atoms with Gasteiger partial charge < -0.3 is 15.0 Å². The lowest BCUT2D eigenvalue weighted by Gasteiger charge is -2.09. The molecule has 0 aliphatic heterocycles. The van der Waals surface area contributed by atoms with Crippen molar-refractivity contribution in [2.24, 2.45) is 10.2 Å². The number of para-hydroxylation sites is 1.